The fourth-order valence-corrected chi connectivity index (χ4v) is 1.72. The summed E-state index contributed by atoms with van der Waals surface area (Å²) >= 11 is 0. The second kappa shape index (κ2) is 7.87. The van der Waals surface area contributed by atoms with Crippen molar-refractivity contribution >= 4 is 11.8 Å². The van der Waals surface area contributed by atoms with Crippen LogP contribution in [-0.2, 0) is 4.79 Å². The van der Waals surface area contributed by atoms with Crippen LogP contribution in [0.1, 0.15) is 29.0 Å². The molecule has 0 atom stereocenters. The molecule has 0 spiro atoms. The zero-order valence-corrected chi connectivity index (χ0v) is 12.3. The third kappa shape index (κ3) is 4.97. The van der Waals surface area contributed by atoms with E-state index in [9.17, 15) is 9.59 Å². The maximum atomic E-state index is 11.6. The number of carbonyl (C=O) groups excluding carboxylic acids is 2. The van der Waals surface area contributed by atoms with Gasteiger partial charge in [0.15, 0.2) is 5.76 Å². The summed E-state index contributed by atoms with van der Waals surface area (Å²) in [5.41, 5.74) is 5.77. The number of rotatable bonds is 6. The number of carbonyl (C=O) groups is 2. The molecule has 2 amide bonds. The molecule has 0 saturated carbocycles. The average molecular weight is 302 g/mol. The molecule has 0 saturated heterocycles. The molecule has 6 nitrogen and oxygen atoms in total. The first-order valence-corrected chi connectivity index (χ1v) is 6.97. The number of hydrogen-bond donors (Lipinski definition) is 2. The minimum Gasteiger partial charge on any atom is -0.494 e. The Hall–Kier alpha value is -2.76. The summed E-state index contributed by atoms with van der Waals surface area (Å²) in [5, 5.41) is 0. The summed E-state index contributed by atoms with van der Waals surface area (Å²) < 4.78 is 10.4. The summed E-state index contributed by atoms with van der Waals surface area (Å²) in [7, 11) is 0. The fourth-order valence-electron chi connectivity index (χ4n) is 1.72. The maximum absolute atomic E-state index is 11.6. The second-order valence-corrected chi connectivity index (χ2v) is 4.74. The monoisotopic (exact) mass is 302 g/mol. The lowest BCUT2D eigenvalue weighted by Crippen LogP contribution is -2.41. The van der Waals surface area contributed by atoms with Gasteiger partial charge in [-0.15, -0.1) is 0 Å². The van der Waals surface area contributed by atoms with Crippen LogP contribution in [0, 0.1) is 6.92 Å². The van der Waals surface area contributed by atoms with Gasteiger partial charge in [0.2, 0.25) is 5.91 Å². The smallest absolute Gasteiger partial charge is 0.305 e. The standard InChI is InChI=1S/C16H18N2O4/c1-12-6-8-13(9-7-12)21-10-3-5-15(19)17-18-16(20)14-4-2-11-22-14/h2,4,6-9,11H,3,5,10H2,1H3,(H,17,19)(H,18,20). The first-order chi connectivity index (χ1) is 10.6. The summed E-state index contributed by atoms with van der Waals surface area (Å²) in [6.07, 6.45) is 2.19. The third-order valence-electron chi connectivity index (χ3n) is 2.90. The van der Waals surface area contributed by atoms with Gasteiger partial charge in [-0.3, -0.25) is 20.4 Å². The van der Waals surface area contributed by atoms with Crippen molar-refractivity contribution in [2.75, 3.05) is 6.61 Å². The molecule has 0 aliphatic rings. The highest BCUT2D eigenvalue weighted by molar-refractivity contribution is 5.92. The van der Waals surface area contributed by atoms with Crippen molar-refractivity contribution in [2.45, 2.75) is 19.8 Å². The lowest BCUT2D eigenvalue weighted by molar-refractivity contribution is -0.122. The van der Waals surface area contributed by atoms with Crippen molar-refractivity contribution in [1.82, 2.24) is 10.9 Å². The highest BCUT2D eigenvalue weighted by atomic mass is 16.5. The molecule has 6 heteroatoms. The van der Waals surface area contributed by atoms with Crippen LogP contribution in [0.3, 0.4) is 0 Å². The molecule has 22 heavy (non-hydrogen) atoms. The molecule has 1 heterocycles. The van der Waals surface area contributed by atoms with Crippen molar-refractivity contribution < 1.29 is 18.7 Å². The zero-order valence-electron chi connectivity index (χ0n) is 12.3. The Labute approximate surface area is 128 Å². The highest BCUT2D eigenvalue weighted by Gasteiger charge is 2.09. The topological polar surface area (TPSA) is 80.6 Å². The van der Waals surface area contributed by atoms with Crippen LogP contribution in [0.25, 0.3) is 0 Å². The molecular weight excluding hydrogens is 284 g/mol. The molecule has 0 aliphatic heterocycles. The lowest BCUT2D eigenvalue weighted by atomic mass is 10.2. The van der Waals surface area contributed by atoms with Gasteiger partial charge in [-0.2, -0.15) is 0 Å². The molecular formula is C16H18N2O4. The van der Waals surface area contributed by atoms with E-state index in [0.717, 1.165) is 5.75 Å². The quantitative estimate of drug-likeness (QED) is 0.633. The Bertz CT molecular complexity index is 606. The number of furan rings is 1. The summed E-state index contributed by atoms with van der Waals surface area (Å²) in [6.45, 7) is 2.44. The SMILES string of the molecule is Cc1ccc(OCCCC(=O)NNC(=O)c2ccco2)cc1. The van der Waals surface area contributed by atoms with E-state index in [4.69, 9.17) is 9.15 Å². The Kier molecular flexibility index (Phi) is 5.59. The van der Waals surface area contributed by atoms with Crippen molar-refractivity contribution in [2.24, 2.45) is 0 Å². The van der Waals surface area contributed by atoms with Crippen LogP contribution < -0.4 is 15.6 Å². The number of hydrazine groups is 1. The predicted molar refractivity (Wildman–Crippen MR) is 80.2 cm³/mol. The molecule has 0 radical (unpaired) electrons. The van der Waals surface area contributed by atoms with E-state index in [2.05, 4.69) is 10.9 Å². The largest absolute Gasteiger partial charge is 0.494 e. The first kappa shape index (κ1) is 15.6. The van der Waals surface area contributed by atoms with Gasteiger partial charge >= 0.3 is 5.91 Å². The van der Waals surface area contributed by atoms with Gasteiger partial charge in [0.05, 0.1) is 12.9 Å². The molecule has 0 fully saturated rings. The maximum Gasteiger partial charge on any atom is 0.305 e. The van der Waals surface area contributed by atoms with Gasteiger partial charge in [-0.1, -0.05) is 17.7 Å². The van der Waals surface area contributed by atoms with Crippen LogP contribution in [0.4, 0.5) is 0 Å². The number of amides is 2. The van der Waals surface area contributed by atoms with E-state index >= 15 is 0 Å². The highest BCUT2D eigenvalue weighted by Crippen LogP contribution is 2.11. The summed E-state index contributed by atoms with van der Waals surface area (Å²) in [4.78, 5) is 23.1. The average Bonchev–Trinajstić information content (AvgIpc) is 3.05. The predicted octanol–water partition coefficient (Wildman–Crippen LogP) is 2.21. The molecule has 1 aromatic carbocycles. The second-order valence-electron chi connectivity index (χ2n) is 4.74. The molecule has 116 valence electrons. The molecule has 2 aromatic rings. The van der Waals surface area contributed by atoms with Gasteiger partial charge in [-0.25, -0.2) is 0 Å². The van der Waals surface area contributed by atoms with E-state index in [1.807, 2.05) is 31.2 Å². The van der Waals surface area contributed by atoms with Crippen LogP contribution in [0.2, 0.25) is 0 Å². The van der Waals surface area contributed by atoms with Gasteiger partial charge in [0, 0.05) is 6.42 Å². The Morgan fingerprint density at radius 3 is 2.59 bits per heavy atom. The Morgan fingerprint density at radius 2 is 1.91 bits per heavy atom. The zero-order chi connectivity index (χ0) is 15.8. The van der Waals surface area contributed by atoms with Gasteiger partial charge in [0.25, 0.3) is 0 Å². The van der Waals surface area contributed by atoms with Gasteiger partial charge in [-0.05, 0) is 37.6 Å². The molecule has 2 rings (SSSR count). The molecule has 0 bridgehead atoms. The van der Waals surface area contributed by atoms with E-state index in [-0.39, 0.29) is 18.1 Å². The van der Waals surface area contributed by atoms with E-state index < -0.39 is 5.91 Å². The van der Waals surface area contributed by atoms with E-state index in [1.165, 1.54) is 17.9 Å². The summed E-state index contributed by atoms with van der Waals surface area (Å²) in [5.74, 6) is 0.141. The minimum atomic E-state index is -0.491. The number of ether oxygens (including phenoxy) is 1. The Balaban J connectivity index is 1.59. The lowest BCUT2D eigenvalue weighted by Gasteiger charge is -2.07. The molecule has 1 aromatic heterocycles. The van der Waals surface area contributed by atoms with Crippen LogP contribution in [-0.4, -0.2) is 18.4 Å². The fraction of sp³-hybridized carbons (Fsp3) is 0.250. The number of hydrogen-bond acceptors (Lipinski definition) is 4. The van der Waals surface area contributed by atoms with Crippen LogP contribution >= 0.6 is 0 Å². The van der Waals surface area contributed by atoms with Crippen molar-refractivity contribution in [3.05, 3.63) is 54.0 Å². The number of nitrogens with one attached hydrogen (secondary N) is 2. The first-order valence-electron chi connectivity index (χ1n) is 6.97. The van der Waals surface area contributed by atoms with E-state index in [1.54, 1.807) is 6.07 Å². The molecule has 0 unspecified atom stereocenters. The van der Waals surface area contributed by atoms with Crippen molar-refractivity contribution in [1.29, 1.82) is 0 Å². The Morgan fingerprint density at radius 1 is 1.14 bits per heavy atom. The third-order valence-corrected chi connectivity index (χ3v) is 2.90. The van der Waals surface area contributed by atoms with Crippen LogP contribution in [0.15, 0.2) is 47.1 Å². The minimum absolute atomic E-state index is 0.142. The molecule has 0 aliphatic carbocycles. The number of aryl methyl sites for hydroxylation is 1. The molecule has 2 N–H and O–H groups in total. The number of benzene rings is 1. The normalized spacial score (nSPS) is 10.0. The van der Waals surface area contributed by atoms with E-state index in [0.29, 0.717) is 13.0 Å². The van der Waals surface area contributed by atoms with Crippen LogP contribution in [0.5, 0.6) is 5.75 Å². The van der Waals surface area contributed by atoms with Crippen molar-refractivity contribution in [3.63, 3.8) is 0 Å². The van der Waals surface area contributed by atoms with Crippen molar-refractivity contribution in [3.8, 4) is 5.75 Å². The summed E-state index contributed by atoms with van der Waals surface area (Å²) in [6, 6.07) is 10.8. The van der Waals surface area contributed by atoms with Gasteiger partial charge < -0.3 is 9.15 Å². The van der Waals surface area contributed by atoms with Gasteiger partial charge in [0.1, 0.15) is 5.75 Å².